The standard InChI is InChI=1S/C27H20Br2N2O3S/c28-20-8-6-18(7-9-20)16-31-26(32)25(35-27(31)33)14-19-17-30(24-11-10-21(29)15-23(19)24)12-13-34-22-4-2-1-3-5-22/h1-11,14-15,17H,12-13,16H2/b25-14-. The van der Waals surface area contributed by atoms with E-state index in [4.69, 9.17) is 4.74 Å². The zero-order valence-corrected chi connectivity index (χ0v) is 22.5. The summed E-state index contributed by atoms with van der Waals surface area (Å²) in [6, 6.07) is 23.4. The predicted octanol–water partition coefficient (Wildman–Crippen LogP) is 7.48. The van der Waals surface area contributed by atoms with Gasteiger partial charge >= 0.3 is 0 Å². The maximum absolute atomic E-state index is 13.1. The van der Waals surface area contributed by atoms with Gasteiger partial charge in [-0.15, -0.1) is 0 Å². The van der Waals surface area contributed by atoms with Crippen molar-refractivity contribution in [2.75, 3.05) is 6.61 Å². The van der Waals surface area contributed by atoms with Gasteiger partial charge in [0.2, 0.25) is 0 Å². The summed E-state index contributed by atoms with van der Waals surface area (Å²) in [6.45, 7) is 1.40. The lowest BCUT2D eigenvalue weighted by Crippen LogP contribution is -2.27. The molecule has 5 rings (SSSR count). The van der Waals surface area contributed by atoms with E-state index < -0.39 is 0 Å². The molecule has 2 amide bonds. The Morgan fingerprint density at radius 2 is 1.66 bits per heavy atom. The molecule has 0 radical (unpaired) electrons. The number of amides is 2. The van der Waals surface area contributed by atoms with Crippen LogP contribution < -0.4 is 4.74 Å². The van der Waals surface area contributed by atoms with Gasteiger partial charge < -0.3 is 9.30 Å². The maximum atomic E-state index is 13.1. The first-order valence-corrected chi connectivity index (χ1v) is 13.3. The highest BCUT2D eigenvalue weighted by Gasteiger charge is 2.35. The van der Waals surface area contributed by atoms with Crippen LogP contribution in [-0.2, 0) is 17.9 Å². The molecule has 5 nitrogen and oxygen atoms in total. The quantitative estimate of drug-likeness (QED) is 0.203. The lowest BCUT2D eigenvalue weighted by Gasteiger charge is -2.12. The van der Waals surface area contributed by atoms with Crippen molar-refractivity contribution in [1.29, 1.82) is 0 Å². The fourth-order valence-corrected chi connectivity index (χ4v) is 5.38. The molecule has 1 aliphatic rings. The molecule has 0 unspecified atom stereocenters. The van der Waals surface area contributed by atoms with E-state index in [-0.39, 0.29) is 17.7 Å². The van der Waals surface area contributed by atoms with E-state index in [0.29, 0.717) is 18.1 Å². The van der Waals surface area contributed by atoms with Crippen molar-refractivity contribution >= 4 is 71.7 Å². The molecular formula is C27H20Br2N2O3S. The number of aromatic nitrogens is 1. The van der Waals surface area contributed by atoms with Crippen molar-refractivity contribution in [3.05, 3.63) is 104 Å². The van der Waals surface area contributed by atoms with Gasteiger partial charge in [0.05, 0.1) is 18.0 Å². The van der Waals surface area contributed by atoms with E-state index in [9.17, 15) is 9.59 Å². The molecule has 0 spiro atoms. The normalized spacial score (nSPS) is 14.9. The smallest absolute Gasteiger partial charge is 0.293 e. The van der Waals surface area contributed by atoms with Gasteiger partial charge in [0.1, 0.15) is 12.4 Å². The second-order valence-corrected chi connectivity index (χ2v) is 10.8. The van der Waals surface area contributed by atoms with E-state index in [1.54, 1.807) is 0 Å². The molecular weight excluding hydrogens is 592 g/mol. The highest BCUT2D eigenvalue weighted by atomic mass is 79.9. The molecule has 0 atom stereocenters. The molecule has 2 heterocycles. The Hall–Kier alpha value is -2.81. The molecule has 0 bridgehead atoms. The first kappa shape index (κ1) is 23.9. The van der Waals surface area contributed by atoms with Crippen LogP contribution in [-0.4, -0.2) is 27.2 Å². The summed E-state index contributed by atoms with van der Waals surface area (Å²) in [5.41, 5.74) is 2.82. The van der Waals surface area contributed by atoms with E-state index in [1.165, 1.54) is 4.90 Å². The third kappa shape index (κ3) is 5.39. The third-order valence-electron chi connectivity index (χ3n) is 5.63. The SMILES string of the molecule is O=C1S/C(=C\c2cn(CCOc3ccccc3)c3ccc(Br)cc23)C(=O)N1Cc1ccc(Br)cc1. The number of imide groups is 1. The van der Waals surface area contributed by atoms with Crippen molar-refractivity contribution in [3.8, 4) is 5.75 Å². The van der Waals surface area contributed by atoms with Crippen LogP contribution in [0.4, 0.5) is 4.79 Å². The van der Waals surface area contributed by atoms with E-state index in [2.05, 4.69) is 36.4 Å². The van der Waals surface area contributed by atoms with Gasteiger partial charge in [0, 0.05) is 31.6 Å². The monoisotopic (exact) mass is 610 g/mol. The fourth-order valence-electron chi connectivity index (χ4n) is 3.93. The van der Waals surface area contributed by atoms with Crippen LogP contribution in [0.3, 0.4) is 0 Å². The number of para-hydroxylation sites is 1. The number of hydrogen-bond donors (Lipinski definition) is 0. The number of hydrogen-bond acceptors (Lipinski definition) is 4. The molecule has 1 aromatic heterocycles. The summed E-state index contributed by atoms with van der Waals surface area (Å²) in [5, 5.41) is 0.740. The zero-order chi connectivity index (χ0) is 24.4. The molecule has 8 heteroatoms. The lowest BCUT2D eigenvalue weighted by molar-refractivity contribution is -0.123. The second-order valence-electron chi connectivity index (χ2n) is 8.00. The fraction of sp³-hybridized carbons (Fsp3) is 0.111. The molecule has 176 valence electrons. The van der Waals surface area contributed by atoms with Gasteiger partial charge in [-0.2, -0.15) is 0 Å². The summed E-state index contributed by atoms with van der Waals surface area (Å²) in [6.07, 6.45) is 3.82. The van der Waals surface area contributed by atoms with Crippen LogP contribution in [0.25, 0.3) is 17.0 Å². The van der Waals surface area contributed by atoms with Crippen LogP contribution in [0.1, 0.15) is 11.1 Å². The van der Waals surface area contributed by atoms with Crippen molar-refractivity contribution in [2.45, 2.75) is 13.1 Å². The highest BCUT2D eigenvalue weighted by Crippen LogP contribution is 2.35. The summed E-state index contributed by atoms with van der Waals surface area (Å²) in [7, 11) is 0. The number of thioether (sulfide) groups is 1. The number of rotatable bonds is 7. The number of halogens is 2. The topological polar surface area (TPSA) is 51.5 Å². The molecule has 0 N–H and O–H groups in total. The van der Waals surface area contributed by atoms with E-state index in [1.807, 2.05) is 85.1 Å². The van der Waals surface area contributed by atoms with Gasteiger partial charge in [-0.05, 0) is 65.9 Å². The first-order valence-electron chi connectivity index (χ1n) is 10.9. The first-order chi connectivity index (χ1) is 17.0. The summed E-state index contributed by atoms with van der Waals surface area (Å²) >= 11 is 7.94. The number of carbonyl (C=O) groups is 2. The van der Waals surface area contributed by atoms with Gasteiger partial charge in [0.25, 0.3) is 11.1 Å². The zero-order valence-electron chi connectivity index (χ0n) is 18.5. The predicted molar refractivity (Wildman–Crippen MR) is 147 cm³/mol. The minimum absolute atomic E-state index is 0.249. The number of nitrogens with zero attached hydrogens (tertiary/aromatic N) is 2. The summed E-state index contributed by atoms with van der Waals surface area (Å²) < 4.78 is 9.89. The summed E-state index contributed by atoms with van der Waals surface area (Å²) in [5.74, 6) is 0.553. The molecule has 4 aromatic rings. The van der Waals surface area contributed by atoms with Crippen LogP contribution in [0.2, 0.25) is 0 Å². The van der Waals surface area contributed by atoms with Crippen LogP contribution in [0.15, 0.2) is 92.8 Å². The number of carbonyl (C=O) groups excluding carboxylic acids is 2. The summed E-state index contributed by atoms with van der Waals surface area (Å²) in [4.78, 5) is 27.5. The Morgan fingerprint density at radius 3 is 2.43 bits per heavy atom. The third-order valence-corrected chi connectivity index (χ3v) is 7.56. The van der Waals surface area contributed by atoms with E-state index in [0.717, 1.165) is 48.5 Å². The maximum Gasteiger partial charge on any atom is 0.293 e. The lowest BCUT2D eigenvalue weighted by atomic mass is 10.1. The van der Waals surface area contributed by atoms with Crippen molar-refractivity contribution in [1.82, 2.24) is 9.47 Å². The Morgan fingerprint density at radius 1 is 0.914 bits per heavy atom. The average molecular weight is 612 g/mol. The Balaban J connectivity index is 1.39. The molecule has 1 fully saturated rings. The minimum atomic E-state index is -0.272. The largest absolute Gasteiger partial charge is 0.492 e. The molecule has 3 aromatic carbocycles. The second kappa shape index (κ2) is 10.4. The Kier molecular flexibility index (Phi) is 7.13. The minimum Gasteiger partial charge on any atom is -0.492 e. The molecule has 1 aliphatic heterocycles. The van der Waals surface area contributed by atoms with Crippen molar-refractivity contribution in [3.63, 3.8) is 0 Å². The van der Waals surface area contributed by atoms with Crippen molar-refractivity contribution in [2.24, 2.45) is 0 Å². The number of fused-ring (bicyclic) bond motifs is 1. The average Bonchev–Trinajstić information content (AvgIpc) is 3.32. The van der Waals surface area contributed by atoms with Crippen LogP contribution in [0.5, 0.6) is 5.75 Å². The Bertz CT molecular complexity index is 1430. The molecule has 0 aliphatic carbocycles. The van der Waals surface area contributed by atoms with E-state index >= 15 is 0 Å². The highest BCUT2D eigenvalue weighted by molar-refractivity contribution is 9.10. The van der Waals surface area contributed by atoms with Gasteiger partial charge in [-0.25, -0.2) is 0 Å². The van der Waals surface area contributed by atoms with Gasteiger partial charge in [0.15, 0.2) is 0 Å². The molecule has 0 saturated carbocycles. The molecule has 35 heavy (non-hydrogen) atoms. The van der Waals surface area contributed by atoms with Gasteiger partial charge in [-0.1, -0.05) is 62.2 Å². The van der Waals surface area contributed by atoms with Crippen LogP contribution in [0, 0.1) is 0 Å². The molecule has 1 saturated heterocycles. The van der Waals surface area contributed by atoms with Crippen molar-refractivity contribution < 1.29 is 14.3 Å². The number of ether oxygens (including phenoxy) is 1. The Labute approximate surface area is 224 Å². The van der Waals surface area contributed by atoms with Gasteiger partial charge in [-0.3, -0.25) is 14.5 Å². The number of benzene rings is 3. The van der Waals surface area contributed by atoms with Crippen LogP contribution >= 0.6 is 43.6 Å².